The zero-order chi connectivity index (χ0) is 25.7. The molecule has 0 saturated heterocycles. The topological polar surface area (TPSA) is 97.3 Å². The van der Waals surface area contributed by atoms with Gasteiger partial charge >= 0.3 is 5.97 Å². The first kappa shape index (κ1) is 26.1. The number of carboxylic acids is 1. The zero-order valence-corrected chi connectivity index (χ0v) is 22.6. The summed E-state index contributed by atoms with van der Waals surface area (Å²) in [7, 11) is 1.51. The van der Waals surface area contributed by atoms with Gasteiger partial charge in [-0.1, -0.05) is 41.4 Å². The molecular formula is C25H18BrCl2N3O4S. The van der Waals surface area contributed by atoms with Crippen molar-refractivity contribution in [3.63, 3.8) is 0 Å². The normalized spacial score (nSPS) is 11.4. The fraction of sp³-hybridized carbons (Fsp3) is 0.0800. The highest BCUT2D eigenvalue weighted by atomic mass is 79.9. The predicted molar refractivity (Wildman–Crippen MR) is 145 cm³/mol. The van der Waals surface area contributed by atoms with Crippen molar-refractivity contribution in [2.45, 2.75) is 11.8 Å². The molecule has 0 atom stereocenters. The van der Waals surface area contributed by atoms with E-state index in [0.29, 0.717) is 37.4 Å². The number of ether oxygens (including phenoxy) is 2. The van der Waals surface area contributed by atoms with Gasteiger partial charge in [-0.25, -0.2) is 9.78 Å². The zero-order valence-electron chi connectivity index (χ0n) is 18.7. The summed E-state index contributed by atoms with van der Waals surface area (Å²) in [6, 6.07) is 17.9. The summed E-state index contributed by atoms with van der Waals surface area (Å²) in [5.74, 6) is 0.288. The van der Waals surface area contributed by atoms with Crippen LogP contribution in [0.15, 0.2) is 75.2 Å². The largest absolute Gasteiger partial charge is 0.493 e. The van der Waals surface area contributed by atoms with E-state index in [1.807, 2.05) is 18.2 Å². The molecule has 0 saturated carbocycles. The molecule has 1 aromatic heterocycles. The fourth-order valence-corrected chi connectivity index (χ4v) is 4.74. The van der Waals surface area contributed by atoms with Crippen LogP contribution in [0.2, 0.25) is 10.0 Å². The second kappa shape index (κ2) is 11.8. The second-order valence-electron chi connectivity index (χ2n) is 7.30. The van der Waals surface area contributed by atoms with Gasteiger partial charge in [0.2, 0.25) is 5.16 Å². The van der Waals surface area contributed by atoms with Crippen LogP contribution in [-0.4, -0.2) is 33.4 Å². The molecule has 7 nitrogen and oxygen atoms in total. The molecule has 3 aromatic carbocycles. The Kier molecular flexibility index (Phi) is 8.58. The van der Waals surface area contributed by atoms with Crippen LogP contribution in [0.5, 0.6) is 11.5 Å². The standard InChI is InChI=1S/C25H18BrCl2N3O4S/c1-34-20-11-14(10-18(26)22(20)35-13-16-4-2-3-5-19(16)28)12-21(24(32)33)36-25-29-23(30-31-25)15-6-8-17(27)9-7-15/h2-12H,13H2,1H3,(H,32,33)(H,29,30,31)/b21-12-. The second-order valence-corrected chi connectivity index (χ2v) is 10.0. The molecule has 0 spiro atoms. The SMILES string of the molecule is COc1cc(/C=C(\Sc2n[nH]c(-c3ccc(Cl)cc3)n2)C(=O)O)cc(Br)c1OCc1ccccc1Cl. The molecule has 184 valence electrons. The summed E-state index contributed by atoms with van der Waals surface area (Å²) < 4.78 is 12.0. The molecule has 0 unspecified atom stereocenters. The number of carbonyl (C=O) groups is 1. The van der Waals surface area contributed by atoms with Crippen molar-refractivity contribution in [1.29, 1.82) is 0 Å². The van der Waals surface area contributed by atoms with Crippen LogP contribution in [0.4, 0.5) is 0 Å². The van der Waals surface area contributed by atoms with E-state index in [0.717, 1.165) is 22.9 Å². The van der Waals surface area contributed by atoms with Crippen molar-refractivity contribution in [1.82, 2.24) is 15.2 Å². The third-order valence-electron chi connectivity index (χ3n) is 4.87. The molecule has 0 amide bonds. The number of aliphatic carboxylic acids is 1. The summed E-state index contributed by atoms with van der Waals surface area (Å²) in [6.07, 6.45) is 1.51. The van der Waals surface area contributed by atoms with Crippen LogP contribution in [-0.2, 0) is 11.4 Å². The molecule has 4 aromatic rings. The molecule has 36 heavy (non-hydrogen) atoms. The van der Waals surface area contributed by atoms with Gasteiger partial charge in [0.1, 0.15) is 11.5 Å². The Hall–Kier alpha value is -2.98. The van der Waals surface area contributed by atoms with Crippen LogP contribution < -0.4 is 9.47 Å². The lowest BCUT2D eigenvalue weighted by Gasteiger charge is -2.14. The molecule has 0 aliphatic heterocycles. The van der Waals surface area contributed by atoms with Crippen molar-refractivity contribution in [3.05, 3.63) is 91.2 Å². The molecule has 0 aliphatic carbocycles. The Morgan fingerprint density at radius 2 is 1.92 bits per heavy atom. The van der Waals surface area contributed by atoms with Crippen LogP contribution in [0.1, 0.15) is 11.1 Å². The van der Waals surface area contributed by atoms with E-state index < -0.39 is 5.97 Å². The van der Waals surface area contributed by atoms with Crippen LogP contribution >= 0.6 is 50.9 Å². The van der Waals surface area contributed by atoms with E-state index in [2.05, 4.69) is 31.1 Å². The average Bonchev–Trinajstić information content (AvgIpc) is 3.32. The number of nitrogens with zero attached hydrogens (tertiary/aromatic N) is 2. The predicted octanol–water partition coefficient (Wildman–Crippen LogP) is 7.35. The Morgan fingerprint density at radius 3 is 2.61 bits per heavy atom. The maximum atomic E-state index is 12.0. The summed E-state index contributed by atoms with van der Waals surface area (Å²) in [5.41, 5.74) is 2.19. The first-order chi connectivity index (χ1) is 17.3. The number of nitrogens with one attached hydrogen (secondary N) is 1. The summed E-state index contributed by atoms with van der Waals surface area (Å²) in [6.45, 7) is 0.237. The van der Waals surface area contributed by atoms with Gasteiger partial charge in [0.15, 0.2) is 17.3 Å². The fourth-order valence-electron chi connectivity index (χ4n) is 3.14. The van der Waals surface area contributed by atoms with Crippen LogP contribution in [0, 0.1) is 0 Å². The molecule has 11 heteroatoms. The van der Waals surface area contributed by atoms with Crippen molar-refractivity contribution in [2.75, 3.05) is 7.11 Å². The van der Waals surface area contributed by atoms with Gasteiger partial charge < -0.3 is 14.6 Å². The van der Waals surface area contributed by atoms with Crippen molar-refractivity contribution < 1.29 is 19.4 Å². The first-order valence-corrected chi connectivity index (χ1v) is 12.8. The monoisotopic (exact) mass is 605 g/mol. The van der Waals surface area contributed by atoms with E-state index in [9.17, 15) is 9.90 Å². The van der Waals surface area contributed by atoms with Gasteiger partial charge in [0.05, 0.1) is 11.6 Å². The van der Waals surface area contributed by atoms with Gasteiger partial charge in [-0.2, -0.15) is 0 Å². The highest BCUT2D eigenvalue weighted by Gasteiger charge is 2.17. The van der Waals surface area contributed by atoms with Gasteiger partial charge in [0, 0.05) is 21.2 Å². The molecule has 0 bridgehead atoms. The Bertz CT molecular complexity index is 1430. The molecule has 1 heterocycles. The van der Waals surface area contributed by atoms with Gasteiger partial charge in [-0.3, -0.25) is 5.10 Å². The Morgan fingerprint density at radius 1 is 1.17 bits per heavy atom. The quantitative estimate of drug-likeness (QED) is 0.152. The number of halogens is 3. The molecular weight excluding hydrogens is 589 g/mol. The van der Waals surface area contributed by atoms with Gasteiger partial charge in [-0.05, 0) is 81.8 Å². The highest BCUT2D eigenvalue weighted by Crippen LogP contribution is 2.39. The third kappa shape index (κ3) is 6.41. The van der Waals surface area contributed by atoms with Crippen molar-refractivity contribution in [2.24, 2.45) is 0 Å². The van der Waals surface area contributed by atoms with E-state index in [1.165, 1.54) is 13.2 Å². The van der Waals surface area contributed by atoms with E-state index >= 15 is 0 Å². The number of aromatic amines is 1. The first-order valence-electron chi connectivity index (χ1n) is 10.4. The van der Waals surface area contributed by atoms with E-state index in [-0.39, 0.29) is 16.7 Å². The van der Waals surface area contributed by atoms with E-state index in [4.69, 9.17) is 32.7 Å². The van der Waals surface area contributed by atoms with Crippen molar-refractivity contribution >= 4 is 62.9 Å². The molecule has 0 radical (unpaired) electrons. The van der Waals surface area contributed by atoms with E-state index in [1.54, 1.807) is 42.5 Å². The highest BCUT2D eigenvalue weighted by molar-refractivity contribution is 9.10. The molecule has 2 N–H and O–H groups in total. The lowest BCUT2D eigenvalue weighted by atomic mass is 10.2. The maximum absolute atomic E-state index is 12.0. The third-order valence-corrected chi connectivity index (χ3v) is 6.96. The van der Waals surface area contributed by atoms with Crippen LogP contribution in [0.25, 0.3) is 17.5 Å². The number of rotatable bonds is 9. The van der Waals surface area contributed by atoms with Crippen LogP contribution in [0.3, 0.4) is 0 Å². The minimum Gasteiger partial charge on any atom is -0.493 e. The van der Waals surface area contributed by atoms with Gasteiger partial charge in [0.25, 0.3) is 0 Å². The number of methoxy groups -OCH3 is 1. The number of H-pyrrole nitrogens is 1. The smallest absolute Gasteiger partial charge is 0.342 e. The minimum atomic E-state index is -1.12. The lowest BCUT2D eigenvalue weighted by molar-refractivity contribution is -0.131. The number of hydrogen-bond acceptors (Lipinski definition) is 6. The summed E-state index contributed by atoms with van der Waals surface area (Å²) in [5, 5.41) is 18.2. The average molecular weight is 607 g/mol. The Labute approximate surface area is 229 Å². The number of hydrogen-bond donors (Lipinski definition) is 2. The van der Waals surface area contributed by atoms with Gasteiger partial charge in [-0.15, -0.1) is 5.10 Å². The number of aromatic nitrogens is 3. The molecule has 0 aliphatic rings. The summed E-state index contributed by atoms with van der Waals surface area (Å²) in [4.78, 5) is 16.4. The maximum Gasteiger partial charge on any atom is 0.342 e. The number of carboxylic acid groups (broad SMARTS) is 1. The summed E-state index contributed by atoms with van der Waals surface area (Å²) >= 11 is 16.6. The minimum absolute atomic E-state index is 0.0235. The number of thioether (sulfide) groups is 1. The molecule has 4 rings (SSSR count). The number of benzene rings is 3. The van der Waals surface area contributed by atoms with Crippen molar-refractivity contribution in [3.8, 4) is 22.9 Å². The lowest BCUT2D eigenvalue weighted by Crippen LogP contribution is -2.00. The molecule has 0 fully saturated rings. The Balaban J connectivity index is 1.56.